The van der Waals surface area contributed by atoms with E-state index >= 15 is 0 Å². The largest absolute Gasteiger partial charge is 0.308 e. The lowest BCUT2D eigenvalue weighted by Gasteiger charge is -2.49. The Morgan fingerprint density at radius 1 is 1.30 bits per heavy atom. The number of aryl methyl sites for hydroxylation is 1. The molecule has 1 unspecified atom stereocenters. The van der Waals surface area contributed by atoms with Gasteiger partial charge < -0.3 is 5.32 Å². The molecule has 1 aromatic rings. The van der Waals surface area contributed by atoms with Crippen molar-refractivity contribution in [3.05, 3.63) is 21.9 Å². The molecular weight excluding hydrogens is 264 g/mol. The van der Waals surface area contributed by atoms with Gasteiger partial charge in [0.1, 0.15) is 0 Å². The molecule has 2 heterocycles. The van der Waals surface area contributed by atoms with Crippen LogP contribution in [0.25, 0.3) is 0 Å². The zero-order valence-corrected chi connectivity index (χ0v) is 13.8. The van der Waals surface area contributed by atoms with Gasteiger partial charge in [-0.3, -0.25) is 4.90 Å². The molecule has 0 aromatic carbocycles. The summed E-state index contributed by atoms with van der Waals surface area (Å²) in [6.07, 6.45) is 8.27. The third-order valence-corrected chi connectivity index (χ3v) is 6.16. The Bertz CT molecular complexity index is 434. The highest BCUT2D eigenvalue weighted by molar-refractivity contribution is 7.11. The predicted molar refractivity (Wildman–Crippen MR) is 87.4 cm³/mol. The fraction of sp³-hybridized carbons (Fsp3) is 0.765. The highest BCUT2D eigenvalue weighted by Gasteiger charge is 2.39. The molecule has 3 rings (SSSR count). The van der Waals surface area contributed by atoms with Gasteiger partial charge in [-0.2, -0.15) is 0 Å². The van der Waals surface area contributed by atoms with E-state index < -0.39 is 0 Å². The molecular formula is C17H28N2S. The van der Waals surface area contributed by atoms with Crippen molar-refractivity contribution in [2.45, 2.75) is 70.5 Å². The van der Waals surface area contributed by atoms with E-state index in [1.807, 2.05) is 11.3 Å². The topological polar surface area (TPSA) is 15.3 Å². The van der Waals surface area contributed by atoms with E-state index in [9.17, 15) is 0 Å². The van der Waals surface area contributed by atoms with Crippen molar-refractivity contribution in [3.8, 4) is 0 Å². The van der Waals surface area contributed by atoms with Gasteiger partial charge in [0.05, 0.1) is 0 Å². The summed E-state index contributed by atoms with van der Waals surface area (Å²) in [5, 5.41) is 3.92. The first-order chi connectivity index (χ1) is 9.71. The standard InChI is InChI=1S/C17H28N2S/c1-3-15-11-18-17(9-5-4-6-10-17)13-19(15)12-16-8-7-14(2)20-16/h7-8,15,18H,3-6,9-13H2,1-2H3. The van der Waals surface area contributed by atoms with Crippen LogP contribution in [-0.4, -0.2) is 29.6 Å². The highest BCUT2D eigenvalue weighted by Crippen LogP contribution is 2.33. The Balaban J connectivity index is 1.71. The molecule has 1 atom stereocenters. The number of hydrogen-bond acceptors (Lipinski definition) is 3. The van der Waals surface area contributed by atoms with Gasteiger partial charge in [-0.1, -0.05) is 26.2 Å². The number of nitrogens with one attached hydrogen (secondary N) is 1. The molecule has 2 nitrogen and oxygen atoms in total. The second-order valence-corrected chi connectivity index (χ2v) is 8.07. The molecule has 1 saturated heterocycles. The quantitative estimate of drug-likeness (QED) is 0.907. The van der Waals surface area contributed by atoms with Gasteiger partial charge in [0.25, 0.3) is 0 Å². The van der Waals surface area contributed by atoms with Gasteiger partial charge in [-0.25, -0.2) is 0 Å². The Labute approximate surface area is 127 Å². The van der Waals surface area contributed by atoms with Crippen LogP contribution < -0.4 is 5.32 Å². The van der Waals surface area contributed by atoms with Crippen molar-refractivity contribution < 1.29 is 0 Å². The van der Waals surface area contributed by atoms with Crippen molar-refractivity contribution in [2.75, 3.05) is 13.1 Å². The zero-order valence-electron chi connectivity index (χ0n) is 13.0. The summed E-state index contributed by atoms with van der Waals surface area (Å²) in [6, 6.07) is 5.30. The van der Waals surface area contributed by atoms with Gasteiger partial charge in [0, 0.05) is 41.0 Å². The van der Waals surface area contributed by atoms with Crippen LogP contribution in [0.5, 0.6) is 0 Å². The van der Waals surface area contributed by atoms with Crippen LogP contribution in [0.1, 0.15) is 55.2 Å². The summed E-state index contributed by atoms with van der Waals surface area (Å²) in [4.78, 5) is 5.73. The van der Waals surface area contributed by atoms with E-state index in [0.717, 1.165) is 6.54 Å². The third-order valence-electron chi connectivity index (χ3n) is 5.17. The van der Waals surface area contributed by atoms with E-state index in [2.05, 4.69) is 36.2 Å². The molecule has 1 N–H and O–H groups in total. The van der Waals surface area contributed by atoms with Gasteiger partial charge in [-0.15, -0.1) is 11.3 Å². The summed E-state index contributed by atoms with van der Waals surface area (Å²) in [6.45, 7) is 8.13. The maximum absolute atomic E-state index is 3.92. The monoisotopic (exact) mass is 292 g/mol. The average Bonchev–Trinajstić information content (AvgIpc) is 2.85. The Morgan fingerprint density at radius 3 is 2.75 bits per heavy atom. The normalized spacial score (nSPS) is 27.0. The highest BCUT2D eigenvalue weighted by atomic mass is 32.1. The van der Waals surface area contributed by atoms with Crippen LogP contribution >= 0.6 is 11.3 Å². The first kappa shape index (κ1) is 14.6. The molecule has 0 amide bonds. The van der Waals surface area contributed by atoms with E-state index in [1.54, 1.807) is 0 Å². The molecule has 1 spiro atoms. The lowest BCUT2D eigenvalue weighted by Crippen LogP contribution is -2.64. The first-order valence-corrected chi connectivity index (χ1v) is 9.07. The molecule has 2 aliphatic rings. The summed E-state index contributed by atoms with van der Waals surface area (Å²) in [5.74, 6) is 0. The Morgan fingerprint density at radius 2 is 2.10 bits per heavy atom. The summed E-state index contributed by atoms with van der Waals surface area (Å²) in [7, 11) is 0. The third kappa shape index (κ3) is 3.10. The fourth-order valence-electron chi connectivity index (χ4n) is 3.96. The van der Waals surface area contributed by atoms with Crippen LogP contribution in [0.4, 0.5) is 0 Å². The second kappa shape index (κ2) is 6.17. The van der Waals surface area contributed by atoms with Crippen molar-refractivity contribution in [1.82, 2.24) is 10.2 Å². The number of thiophene rings is 1. The van der Waals surface area contributed by atoms with E-state index in [0.29, 0.717) is 11.6 Å². The molecule has 0 bridgehead atoms. The molecule has 1 aliphatic carbocycles. The van der Waals surface area contributed by atoms with E-state index in [-0.39, 0.29) is 0 Å². The molecule has 20 heavy (non-hydrogen) atoms. The van der Waals surface area contributed by atoms with Crippen molar-refractivity contribution in [2.24, 2.45) is 0 Å². The first-order valence-electron chi connectivity index (χ1n) is 8.25. The second-order valence-electron chi connectivity index (χ2n) is 6.70. The van der Waals surface area contributed by atoms with Crippen molar-refractivity contribution in [1.29, 1.82) is 0 Å². The van der Waals surface area contributed by atoms with Gasteiger partial charge in [-0.05, 0) is 38.3 Å². The molecule has 1 saturated carbocycles. The molecule has 0 radical (unpaired) electrons. The van der Waals surface area contributed by atoms with E-state index in [1.165, 1.54) is 61.4 Å². The van der Waals surface area contributed by atoms with Crippen LogP contribution in [0.15, 0.2) is 12.1 Å². The minimum absolute atomic E-state index is 0.427. The summed E-state index contributed by atoms with van der Waals surface area (Å²) < 4.78 is 0. The predicted octanol–water partition coefficient (Wildman–Crippen LogP) is 3.94. The number of nitrogens with zero attached hydrogens (tertiary/aromatic N) is 1. The van der Waals surface area contributed by atoms with Crippen LogP contribution in [-0.2, 0) is 6.54 Å². The molecule has 112 valence electrons. The lowest BCUT2D eigenvalue weighted by molar-refractivity contribution is 0.0491. The minimum Gasteiger partial charge on any atom is -0.308 e. The van der Waals surface area contributed by atoms with Crippen LogP contribution in [0.2, 0.25) is 0 Å². The molecule has 3 heteroatoms. The lowest BCUT2D eigenvalue weighted by atomic mass is 9.79. The van der Waals surface area contributed by atoms with E-state index in [4.69, 9.17) is 0 Å². The smallest absolute Gasteiger partial charge is 0.0332 e. The SMILES string of the molecule is CCC1CNC2(CCCCC2)CN1Cc1ccc(C)s1. The van der Waals surface area contributed by atoms with Crippen LogP contribution in [0.3, 0.4) is 0 Å². The molecule has 2 fully saturated rings. The number of rotatable bonds is 3. The van der Waals surface area contributed by atoms with Crippen molar-refractivity contribution in [3.63, 3.8) is 0 Å². The van der Waals surface area contributed by atoms with Crippen molar-refractivity contribution >= 4 is 11.3 Å². The average molecular weight is 292 g/mol. The van der Waals surface area contributed by atoms with Crippen LogP contribution in [0, 0.1) is 6.92 Å². The van der Waals surface area contributed by atoms with Gasteiger partial charge >= 0.3 is 0 Å². The minimum atomic E-state index is 0.427. The maximum Gasteiger partial charge on any atom is 0.0332 e. The fourth-order valence-corrected chi connectivity index (χ4v) is 4.87. The maximum atomic E-state index is 3.92. The van der Waals surface area contributed by atoms with Gasteiger partial charge in [0.2, 0.25) is 0 Å². The number of piperazine rings is 1. The summed E-state index contributed by atoms with van der Waals surface area (Å²) >= 11 is 1.97. The Kier molecular flexibility index (Phi) is 4.49. The zero-order chi connectivity index (χ0) is 14.0. The Hall–Kier alpha value is -0.380. The molecule has 1 aliphatic heterocycles. The summed E-state index contributed by atoms with van der Waals surface area (Å²) in [5.41, 5.74) is 0.427. The molecule has 1 aromatic heterocycles. The number of hydrogen-bond donors (Lipinski definition) is 1. The van der Waals surface area contributed by atoms with Gasteiger partial charge in [0.15, 0.2) is 0 Å².